The van der Waals surface area contributed by atoms with E-state index >= 15 is 0 Å². The van der Waals surface area contributed by atoms with Crippen LogP contribution in [-0.4, -0.2) is 68.1 Å². The average Bonchev–Trinajstić information content (AvgIpc) is 2.70. The SMILES string of the molecule is CNC(=O)CCC(C=O)Nc1ccc(N2CCN(C(=O)OC(C)(C)C)CC2)cc1. The number of ether oxygens (including phenoxy) is 1. The molecule has 8 nitrogen and oxygen atoms in total. The van der Waals surface area contributed by atoms with Gasteiger partial charge >= 0.3 is 6.09 Å². The molecule has 1 aromatic carbocycles. The summed E-state index contributed by atoms with van der Waals surface area (Å²) in [6, 6.07) is 7.42. The summed E-state index contributed by atoms with van der Waals surface area (Å²) in [6.07, 6.45) is 1.30. The lowest BCUT2D eigenvalue weighted by atomic mass is 10.1. The number of carbonyl (C=O) groups excluding carboxylic acids is 3. The number of hydrogen-bond donors (Lipinski definition) is 2. The largest absolute Gasteiger partial charge is 0.444 e. The molecule has 0 aliphatic carbocycles. The summed E-state index contributed by atoms with van der Waals surface area (Å²) < 4.78 is 5.43. The summed E-state index contributed by atoms with van der Waals surface area (Å²) in [5.74, 6) is -0.0838. The Labute approximate surface area is 172 Å². The third kappa shape index (κ3) is 7.29. The van der Waals surface area contributed by atoms with Gasteiger partial charge in [-0.25, -0.2) is 4.79 Å². The number of amides is 2. The zero-order chi connectivity index (χ0) is 21.4. The van der Waals surface area contributed by atoms with Crippen LogP contribution in [0.4, 0.5) is 16.2 Å². The van der Waals surface area contributed by atoms with E-state index in [2.05, 4.69) is 15.5 Å². The van der Waals surface area contributed by atoms with Gasteiger partial charge in [-0.2, -0.15) is 0 Å². The van der Waals surface area contributed by atoms with Gasteiger partial charge in [0.1, 0.15) is 11.9 Å². The van der Waals surface area contributed by atoms with Gasteiger partial charge in [-0.05, 0) is 51.5 Å². The van der Waals surface area contributed by atoms with Crippen molar-refractivity contribution in [1.82, 2.24) is 10.2 Å². The van der Waals surface area contributed by atoms with Crippen LogP contribution in [0.15, 0.2) is 24.3 Å². The van der Waals surface area contributed by atoms with Gasteiger partial charge in [0.15, 0.2) is 0 Å². The number of carbonyl (C=O) groups is 3. The Morgan fingerprint density at radius 1 is 1.14 bits per heavy atom. The molecule has 0 bridgehead atoms. The Hall–Kier alpha value is -2.77. The third-order valence-electron chi connectivity index (χ3n) is 4.64. The van der Waals surface area contributed by atoms with E-state index in [-0.39, 0.29) is 12.0 Å². The molecule has 1 atom stereocenters. The number of nitrogens with one attached hydrogen (secondary N) is 2. The lowest BCUT2D eigenvalue weighted by molar-refractivity contribution is -0.120. The van der Waals surface area contributed by atoms with Crippen molar-refractivity contribution < 1.29 is 19.1 Å². The maximum atomic E-state index is 12.2. The van der Waals surface area contributed by atoms with Crippen LogP contribution in [-0.2, 0) is 14.3 Å². The molecular weight excluding hydrogens is 372 g/mol. The first kappa shape index (κ1) is 22.5. The van der Waals surface area contributed by atoms with Crippen LogP contribution < -0.4 is 15.5 Å². The highest BCUT2D eigenvalue weighted by Gasteiger charge is 2.25. The first-order valence-electron chi connectivity index (χ1n) is 9.97. The van der Waals surface area contributed by atoms with Crippen LogP contribution in [0, 0.1) is 0 Å². The van der Waals surface area contributed by atoms with Crippen molar-refractivity contribution in [2.45, 2.75) is 45.3 Å². The van der Waals surface area contributed by atoms with Gasteiger partial charge in [0, 0.05) is 51.0 Å². The second-order valence-electron chi connectivity index (χ2n) is 8.10. The van der Waals surface area contributed by atoms with E-state index in [1.165, 1.54) is 0 Å². The number of piperazine rings is 1. The van der Waals surface area contributed by atoms with Gasteiger partial charge < -0.3 is 30.0 Å². The highest BCUT2D eigenvalue weighted by atomic mass is 16.6. The van der Waals surface area contributed by atoms with Crippen LogP contribution in [0.2, 0.25) is 0 Å². The summed E-state index contributed by atoms with van der Waals surface area (Å²) in [4.78, 5) is 38.7. The van der Waals surface area contributed by atoms with Crippen LogP contribution in [0.5, 0.6) is 0 Å². The maximum Gasteiger partial charge on any atom is 0.410 e. The summed E-state index contributed by atoms with van der Waals surface area (Å²) in [5, 5.41) is 5.70. The fraction of sp³-hybridized carbons (Fsp3) is 0.571. The van der Waals surface area contributed by atoms with Crippen molar-refractivity contribution in [1.29, 1.82) is 0 Å². The highest BCUT2D eigenvalue weighted by molar-refractivity contribution is 5.76. The lowest BCUT2D eigenvalue weighted by Crippen LogP contribution is -2.50. The van der Waals surface area contributed by atoms with Crippen molar-refractivity contribution in [3.8, 4) is 0 Å². The number of anilines is 2. The molecule has 160 valence electrons. The minimum atomic E-state index is -0.489. The molecule has 0 spiro atoms. The smallest absolute Gasteiger partial charge is 0.410 e. The summed E-state index contributed by atoms with van der Waals surface area (Å²) >= 11 is 0. The van der Waals surface area contributed by atoms with E-state index in [9.17, 15) is 14.4 Å². The Morgan fingerprint density at radius 2 is 1.76 bits per heavy atom. The predicted molar refractivity (Wildman–Crippen MR) is 113 cm³/mol. The van der Waals surface area contributed by atoms with E-state index < -0.39 is 11.6 Å². The molecule has 29 heavy (non-hydrogen) atoms. The van der Waals surface area contributed by atoms with Gasteiger partial charge in [-0.15, -0.1) is 0 Å². The zero-order valence-electron chi connectivity index (χ0n) is 17.7. The van der Waals surface area contributed by atoms with E-state index in [0.717, 1.165) is 30.8 Å². The quantitative estimate of drug-likeness (QED) is 0.678. The second-order valence-corrected chi connectivity index (χ2v) is 8.10. The number of benzene rings is 1. The molecule has 1 aliphatic heterocycles. The molecule has 2 rings (SSSR count). The van der Waals surface area contributed by atoms with Crippen LogP contribution >= 0.6 is 0 Å². The molecule has 0 radical (unpaired) electrons. The molecule has 2 N–H and O–H groups in total. The Balaban J connectivity index is 1.85. The molecule has 0 aromatic heterocycles. The number of hydrogen-bond acceptors (Lipinski definition) is 6. The third-order valence-corrected chi connectivity index (χ3v) is 4.64. The first-order chi connectivity index (χ1) is 13.7. The second kappa shape index (κ2) is 10.1. The lowest BCUT2D eigenvalue weighted by Gasteiger charge is -2.36. The number of aldehydes is 1. The molecule has 0 saturated carbocycles. The molecule has 1 unspecified atom stereocenters. The molecular formula is C21H32N4O4. The molecule has 1 heterocycles. The highest BCUT2D eigenvalue weighted by Crippen LogP contribution is 2.21. The van der Waals surface area contributed by atoms with Crippen molar-refractivity contribution in [2.75, 3.05) is 43.4 Å². The average molecular weight is 405 g/mol. The van der Waals surface area contributed by atoms with Gasteiger partial charge in [-0.1, -0.05) is 0 Å². The van der Waals surface area contributed by atoms with E-state index in [1.807, 2.05) is 45.0 Å². The van der Waals surface area contributed by atoms with Crippen molar-refractivity contribution in [2.24, 2.45) is 0 Å². The van der Waals surface area contributed by atoms with Gasteiger partial charge in [0.05, 0.1) is 6.04 Å². The normalized spacial score (nSPS) is 15.4. The fourth-order valence-electron chi connectivity index (χ4n) is 3.04. The Bertz CT molecular complexity index is 692. The summed E-state index contributed by atoms with van der Waals surface area (Å²) in [6.45, 7) is 8.28. The van der Waals surface area contributed by atoms with Crippen LogP contribution in [0.25, 0.3) is 0 Å². The molecule has 1 fully saturated rings. The van der Waals surface area contributed by atoms with Crippen molar-refractivity contribution in [3.63, 3.8) is 0 Å². The fourth-order valence-corrected chi connectivity index (χ4v) is 3.04. The predicted octanol–water partition coefficient (Wildman–Crippen LogP) is 2.25. The monoisotopic (exact) mass is 404 g/mol. The summed E-state index contributed by atoms with van der Waals surface area (Å²) in [7, 11) is 1.58. The molecule has 1 saturated heterocycles. The maximum absolute atomic E-state index is 12.2. The molecule has 1 aliphatic rings. The first-order valence-corrected chi connectivity index (χ1v) is 9.97. The number of rotatable bonds is 7. The minimum Gasteiger partial charge on any atom is -0.444 e. The minimum absolute atomic E-state index is 0.0838. The molecule has 8 heteroatoms. The van der Waals surface area contributed by atoms with Gasteiger partial charge in [0.2, 0.25) is 5.91 Å². The Morgan fingerprint density at radius 3 is 2.28 bits per heavy atom. The van der Waals surface area contributed by atoms with E-state index in [0.29, 0.717) is 25.9 Å². The molecule has 1 aromatic rings. The Kier molecular flexibility index (Phi) is 7.87. The van der Waals surface area contributed by atoms with E-state index in [1.54, 1.807) is 11.9 Å². The topological polar surface area (TPSA) is 91.0 Å². The zero-order valence-corrected chi connectivity index (χ0v) is 17.7. The molecule has 2 amide bonds. The van der Waals surface area contributed by atoms with Crippen LogP contribution in [0.3, 0.4) is 0 Å². The standard InChI is InChI=1S/C21H32N4O4/c1-21(2,3)29-20(28)25-13-11-24(12-14-25)18-8-5-16(6-9-18)23-17(15-26)7-10-19(27)22-4/h5-6,8-9,15,17,23H,7,10-14H2,1-4H3,(H,22,27). The van der Waals surface area contributed by atoms with Gasteiger partial charge in [-0.3, -0.25) is 4.79 Å². The van der Waals surface area contributed by atoms with Crippen LogP contribution in [0.1, 0.15) is 33.6 Å². The number of nitrogens with zero attached hydrogens (tertiary/aromatic N) is 2. The van der Waals surface area contributed by atoms with Crippen molar-refractivity contribution >= 4 is 29.7 Å². The van der Waals surface area contributed by atoms with E-state index in [4.69, 9.17) is 4.74 Å². The van der Waals surface area contributed by atoms with Crippen molar-refractivity contribution in [3.05, 3.63) is 24.3 Å². The summed E-state index contributed by atoms with van der Waals surface area (Å²) in [5.41, 5.74) is 1.40. The van der Waals surface area contributed by atoms with Gasteiger partial charge in [0.25, 0.3) is 0 Å².